The number of unbranched alkanes of at least 4 members (excludes halogenated alkanes) is 1. The number of hydrogen-bond donors (Lipinski definition) is 2. The van der Waals surface area contributed by atoms with Gasteiger partial charge in [0.05, 0.1) is 17.1 Å². The molecule has 0 aliphatic carbocycles. The molecule has 0 unspecified atom stereocenters. The van der Waals surface area contributed by atoms with Gasteiger partial charge in [0, 0.05) is 11.9 Å². The number of rotatable bonds is 4. The molecule has 92 valence electrons. The van der Waals surface area contributed by atoms with Crippen molar-refractivity contribution in [3.63, 3.8) is 0 Å². The van der Waals surface area contributed by atoms with Crippen molar-refractivity contribution in [1.82, 2.24) is 9.97 Å². The van der Waals surface area contributed by atoms with E-state index in [0.717, 1.165) is 30.3 Å². The van der Waals surface area contributed by atoms with E-state index in [1.54, 1.807) is 18.2 Å². The van der Waals surface area contributed by atoms with Crippen LogP contribution in [0.5, 0.6) is 0 Å². The van der Waals surface area contributed by atoms with Crippen molar-refractivity contribution >= 4 is 22.7 Å². The standard InChI is InChI=1S/C13H15N5/c1-2-3-6-16-12-10-7-9(8-14)4-5-11(10)17-13(15)18-12/h4-5,7H,2-3,6H2,1H3,(H3,15,16,17,18). The summed E-state index contributed by atoms with van der Waals surface area (Å²) in [6, 6.07) is 7.41. The number of anilines is 2. The molecule has 5 heteroatoms. The number of nitriles is 1. The SMILES string of the molecule is CCCCNc1nc(N)nc2ccc(C#N)cc12. The molecule has 2 aromatic rings. The Morgan fingerprint density at radius 1 is 1.39 bits per heavy atom. The Morgan fingerprint density at radius 2 is 2.22 bits per heavy atom. The molecule has 18 heavy (non-hydrogen) atoms. The van der Waals surface area contributed by atoms with Crippen LogP contribution in [0.1, 0.15) is 25.3 Å². The van der Waals surface area contributed by atoms with E-state index < -0.39 is 0 Å². The molecule has 1 heterocycles. The minimum absolute atomic E-state index is 0.242. The Morgan fingerprint density at radius 3 is 2.94 bits per heavy atom. The number of aromatic nitrogens is 2. The molecule has 0 amide bonds. The Bertz CT molecular complexity index is 600. The lowest BCUT2D eigenvalue weighted by Gasteiger charge is -2.09. The summed E-state index contributed by atoms with van der Waals surface area (Å²) in [5, 5.41) is 13.0. The van der Waals surface area contributed by atoms with Gasteiger partial charge in [-0.1, -0.05) is 13.3 Å². The highest BCUT2D eigenvalue weighted by Crippen LogP contribution is 2.22. The number of nitrogen functional groups attached to an aromatic ring is 1. The van der Waals surface area contributed by atoms with Crippen LogP contribution in [0.3, 0.4) is 0 Å². The van der Waals surface area contributed by atoms with Crippen LogP contribution in [0.4, 0.5) is 11.8 Å². The maximum Gasteiger partial charge on any atom is 0.222 e. The molecule has 0 spiro atoms. The Balaban J connectivity index is 2.45. The van der Waals surface area contributed by atoms with Crippen LogP contribution in [-0.4, -0.2) is 16.5 Å². The van der Waals surface area contributed by atoms with Gasteiger partial charge < -0.3 is 11.1 Å². The molecule has 2 rings (SSSR count). The fraction of sp³-hybridized carbons (Fsp3) is 0.308. The molecule has 3 N–H and O–H groups in total. The van der Waals surface area contributed by atoms with Crippen LogP contribution in [0.25, 0.3) is 10.9 Å². The van der Waals surface area contributed by atoms with Crippen molar-refractivity contribution in [2.24, 2.45) is 0 Å². The van der Waals surface area contributed by atoms with E-state index in [1.807, 2.05) is 0 Å². The lowest BCUT2D eigenvalue weighted by atomic mass is 10.1. The molecule has 0 aliphatic heterocycles. The highest BCUT2D eigenvalue weighted by Gasteiger charge is 2.06. The number of nitrogens with one attached hydrogen (secondary N) is 1. The smallest absolute Gasteiger partial charge is 0.222 e. The summed E-state index contributed by atoms with van der Waals surface area (Å²) in [6.45, 7) is 2.96. The molecule has 0 radical (unpaired) electrons. The highest BCUT2D eigenvalue weighted by molar-refractivity contribution is 5.90. The van der Waals surface area contributed by atoms with Gasteiger partial charge in [0.2, 0.25) is 5.95 Å². The van der Waals surface area contributed by atoms with Crippen LogP contribution in [-0.2, 0) is 0 Å². The predicted octanol–water partition coefficient (Wildman–Crippen LogP) is 2.30. The average molecular weight is 241 g/mol. The molecular weight excluding hydrogens is 226 g/mol. The molecule has 0 aliphatic rings. The molecule has 0 atom stereocenters. The second kappa shape index (κ2) is 5.32. The largest absolute Gasteiger partial charge is 0.369 e. The number of benzene rings is 1. The summed E-state index contributed by atoms with van der Waals surface area (Å²) in [4.78, 5) is 8.35. The van der Waals surface area contributed by atoms with Gasteiger partial charge in [0.1, 0.15) is 5.82 Å². The summed E-state index contributed by atoms with van der Waals surface area (Å²) < 4.78 is 0. The summed E-state index contributed by atoms with van der Waals surface area (Å²) in [5.41, 5.74) is 7.01. The van der Waals surface area contributed by atoms with Gasteiger partial charge in [-0.2, -0.15) is 10.2 Å². The van der Waals surface area contributed by atoms with Crippen molar-refractivity contribution in [2.75, 3.05) is 17.6 Å². The summed E-state index contributed by atoms with van der Waals surface area (Å²) in [6.07, 6.45) is 2.16. The molecule has 0 saturated heterocycles. The number of hydrogen-bond acceptors (Lipinski definition) is 5. The van der Waals surface area contributed by atoms with Crippen LogP contribution >= 0.6 is 0 Å². The monoisotopic (exact) mass is 241 g/mol. The zero-order valence-electron chi connectivity index (χ0n) is 10.3. The van der Waals surface area contributed by atoms with E-state index >= 15 is 0 Å². The first-order valence-corrected chi connectivity index (χ1v) is 5.96. The maximum absolute atomic E-state index is 8.92. The number of nitrogens with zero attached hydrogens (tertiary/aromatic N) is 3. The van der Waals surface area contributed by atoms with Crippen LogP contribution in [0.2, 0.25) is 0 Å². The third kappa shape index (κ3) is 2.48. The normalized spacial score (nSPS) is 10.2. The van der Waals surface area contributed by atoms with E-state index in [2.05, 4.69) is 28.3 Å². The fourth-order valence-electron chi connectivity index (χ4n) is 1.73. The molecule has 5 nitrogen and oxygen atoms in total. The van der Waals surface area contributed by atoms with Gasteiger partial charge in [-0.15, -0.1) is 0 Å². The Labute approximate surface area is 106 Å². The third-order valence-corrected chi connectivity index (χ3v) is 2.66. The fourth-order valence-corrected chi connectivity index (χ4v) is 1.73. The maximum atomic E-state index is 8.92. The second-order valence-electron chi connectivity index (χ2n) is 4.05. The molecular formula is C13H15N5. The Kier molecular flexibility index (Phi) is 3.58. The first-order chi connectivity index (χ1) is 8.74. The summed E-state index contributed by atoms with van der Waals surface area (Å²) in [5.74, 6) is 0.939. The molecule has 0 bridgehead atoms. The molecule has 1 aromatic heterocycles. The minimum atomic E-state index is 0.242. The van der Waals surface area contributed by atoms with Gasteiger partial charge in [0.15, 0.2) is 0 Å². The zero-order chi connectivity index (χ0) is 13.0. The minimum Gasteiger partial charge on any atom is -0.369 e. The van der Waals surface area contributed by atoms with Crippen molar-refractivity contribution in [3.8, 4) is 6.07 Å². The summed E-state index contributed by atoms with van der Waals surface area (Å²) >= 11 is 0. The van der Waals surface area contributed by atoms with Crippen molar-refractivity contribution in [2.45, 2.75) is 19.8 Å². The number of fused-ring (bicyclic) bond motifs is 1. The van der Waals surface area contributed by atoms with E-state index in [-0.39, 0.29) is 5.95 Å². The van der Waals surface area contributed by atoms with Crippen molar-refractivity contribution in [3.05, 3.63) is 23.8 Å². The van der Waals surface area contributed by atoms with E-state index in [9.17, 15) is 0 Å². The highest BCUT2D eigenvalue weighted by atomic mass is 15.1. The first-order valence-electron chi connectivity index (χ1n) is 5.96. The van der Waals surface area contributed by atoms with Gasteiger partial charge in [-0.05, 0) is 24.6 Å². The number of nitrogens with two attached hydrogens (primary N) is 1. The van der Waals surface area contributed by atoms with E-state index in [0.29, 0.717) is 11.4 Å². The van der Waals surface area contributed by atoms with Crippen LogP contribution in [0.15, 0.2) is 18.2 Å². The second-order valence-corrected chi connectivity index (χ2v) is 4.05. The van der Waals surface area contributed by atoms with Crippen molar-refractivity contribution < 1.29 is 0 Å². The van der Waals surface area contributed by atoms with Gasteiger partial charge in [-0.3, -0.25) is 0 Å². The molecule has 0 fully saturated rings. The molecule has 0 saturated carbocycles. The summed E-state index contributed by atoms with van der Waals surface area (Å²) in [7, 11) is 0. The zero-order valence-corrected chi connectivity index (χ0v) is 10.3. The predicted molar refractivity (Wildman–Crippen MR) is 72.1 cm³/mol. The molecule has 1 aromatic carbocycles. The quantitative estimate of drug-likeness (QED) is 0.802. The van der Waals surface area contributed by atoms with Crippen molar-refractivity contribution in [1.29, 1.82) is 5.26 Å². The lowest BCUT2D eigenvalue weighted by Crippen LogP contribution is -2.06. The van der Waals surface area contributed by atoms with E-state index in [1.165, 1.54) is 0 Å². The van der Waals surface area contributed by atoms with Gasteiger partial charge in [-0.25, -0.2) is 4.98 Å². The average Bonchev–Trinajstić information content (AvgIpc) is 2.38. The topological polar surface area (TPSA) is 87.6 Å². The Hall–Kier alpha value is -2.35. The lowest BCUT2D eigenvalue weighted by molar-refractivity contribution is 0.832. The van der Waals surface area contributed by atoms with Crippen LogP contribution < -0.4 is 11.1 Å². The van der Waals surface area contributed by atoms with Gasteiger partial charge >= 0.3 is 0 Å². The third-order valence-electron chi connectivity index (χ3n) is 2.66. The van der Waals surface area contributed by atoms with Crippen LogP contribution in [0, 0.1) is 11.3 Å². The van der Waals surface area contributed by atoms with Gasteiger partial charge in [0.25, 0.3) is 0 Å². The first kappa shape index (κ1) is 12.1. The van der Waals surface area contributed by atoms with E-state index in [4.69, 9.17) is 11.0 Å².